The van der Waals surface area contributed by atoms with E-state index < -0.39 is 0 Å². The van der Waals surface area contributed by atoms with Crippen molar-refractivity contribution in [1.82, 2.24) is 19.2 Å². The summed E-state index contributed by atoms with van der Waals surface area (Å²) in [6.45, 7) is 4.61. The summed E-state index contributed by atoms with van der Waals surface area (Å²) in [7, 11) is 0. The van der Waals surface area contributed by atoms with Gasteiger partial charge < -0.3 is 14.2 Å². The van der Waals surface area contributed by atoms with Crippen LogP contribution in [0.5, 0.6) is 0 Å². The third kappa shape index (κ3) is 3.51. The average molecular weight is 377 g/mol. The molecule has 0 bridgehead atoms. The van der Waals surface area contributed by atoms with E-state index in [9.17, 15) is 10.1 Å². The van der Waals surface area contributed by atoms with E-state index in [-0.39, 0.29) is 18.6 Å². The molecule has 3 heterocycles. The van der Waals surface area contributed by atoms with Crippen molar-refractivity contribution < 1.29 is 9.53 Å². The van der Waals surface area contributed by atoms with Crippen LogP contribution in [0.4, 0.5) is 0 Å². The van der Waals surface area contributed by atoms with Crippen LogP contribution in [0, 0.1) is 18.3 Å². The van der Waals surface area contributed by atoms with Gasteiger partial charge in [-0.1, -0.05) is 18.2 Å². The fourth-order valence-electron chi connectivity index (χ4n) is 3.86. The minimum absolute atomic E-state index is 0.0457. The lowest BCUT2D eigenvalue weighted by atomic mass is 10.1. The van der Waals surface area contributed by atoms with Gasteiger partial charge in [0, 0.05) is 43.2 Å². The second-order valence-electron chi connectivity index (χ2n) is 7.09. The maximum atomic E-state index is 13.1. The Labute approximate surface area is 163 Å². The van der Waals surface area contributed by atoms with E-state index in [0.29, 0.717) is 31.8 Å². The second kappa shape index (κ2) is 7.87. The lowest BCUT2D eigenvalue weighted by Crippen LogP contribution is -2.40. The molecule has 28 heavy (non-hydrogen) atoms. The van der Waals surface area contributed by atoms with Gasteiger partial charge in [-0.25, -0.2) is 0 Å². The van der Waals surface area contributed by atoms with Crippen LogP contribution in [0.15, 0.2) is 42.7 Å². The number of benzene rings is 1. The van der Waals surface area contributed by atoms with E-state index in [1.807, 2.05) is 57.6 Å². The molecule has 0 spiro atoms. The van der Waals surface area contributed by atoms with Gasteiger partial charge >= 0.3 is 0 Å². The number of ether oxygens (including phenoxy) is 1. The Morgan fingerprint density at radius 1 is 1.36 bits per heavy atom. The standard InChI is InChI=1S/C21H23N5O2/c1-16-19(12-22)18-6-2-3-7-20(18)26(16)15-21(27)24-9-5-11-28-17(13-24)14-25-10-4-8-23-25/h2-4,6-8,10,17H,5,9,11,13-15H2,1H3. The fourth-order valence-corrected chi connectivity index (χ4v) is 3.86. The van der Waals surface area contributed by atoms with Gasteiger partial charge in [-0.2, -0.15) is 10.4 Å². The largest absolute Gasteiger partial charge is 0.374 e. The highest BCUT2D eigenvalue weighted by Gasteiger charge is 2.24. The highest BCUT2D eigenvalue weighted by Crippen LogP contribution is 2.25. The molecule has 3 aromatic rings. The van der Waals surface area contributed by atoms with Crippen molar-refractivity contribution in [3.8, 4) is 6.07 Å². The molecular formula is C21H23N5O2. The van der Waals surface area contributed by atoms with Crippen molar-refractivity contribution in [2.45, 2.75) is 32.5 Å². The summed E-state index contributed by atoms with van der Waals surface area (Å²) in [6.07, 6.45) is 4.38. The van der Waals surface area contributed by atoms with Crippen molar-refractivity contribution in [2.24, 2.45) is 0 Å². The molecule has 1 fully saturated rings. The van der Waals surface area contributed by atoms with E-state index in [2.05, 4.69) is 11.2 Å². The predicted molar refractivity (Wildman–Crippen MR) is 105 cm³/mol. The van der Waals surface area contributed by atoms with Gasteiger partial charge in [-0.05, 0) is 25.5 Å². The first kappa shape index (κ1) is 18.3. The lowest BCUT2D eigenvalue weighted by Gasteiger charge is -2.24. The van der Waals surface area contributed by atoms with Gasteiger partial charge in [0.1, 0.15) is 12.6 Å². The van der Waals surface area contributed by atoms with Crippen molar-refractivity contribution >= 4 is 16.8 Å². The normalized spacial score (nSPS) is 17.4. The lowest BCUT2D eigenvalue weighted by molar-refractivity contribution is -0.132. The zero-order chi connectivity index (χ0) is 19.5. The van der Waals surface area contributed by atoms with Crippen LogP contribution in [-0.4, -0.2) is 51.0 Å². The van der Waals surface area contributed by atoms with Crippen molar-refractivity contribution in [3.63, 3.8) is 0 Å². The molecule has 1 amide bonds. The van der Waals surface area contributed by atoms with Crippen LogP contribution in [0.3, 0.4) is 0 Å². The molecule has 144 valence electrons. The fraction of sp³-hybridized carbons (Fsp3) is 0.381. The molecule has 1 aromatic carbocycles. The SMILES string of the molecule is Cc1c(C#N)c2ccccc2n1CC(=O)N1CCCOC(Cn2cccn2)C1. The van der Waals surface area contributed by atoms with E-state index in [0.717, 1.165) is 23.0 Å². The van der Waals surface area contributed by atoms with Crippen molar-refractivity contribution in [3.05, 3.63) is 54.0 Å². The maximum Gasteiger partial charge on any atom is 0.242 e. The Hall–Kier alpha value is -3.11. The molecule has 1 aliphatic rings. The maximum absolute atomic E-state index is 13.1. The topological polar surface area (TPSA) is 76.1 Å². The quantitative estimate of drug-likeness (QED) is 0.699. The smallest absolute Gasteiger partial charge is 0.242 e. The molecule has 0 N–H and O–H groups in total. The van der Waals surface area contributed by atoms with Crippen molar-refractivity contribution in [1.29, 1.82) is 5.26 Å². The number of rotatable bonds is 4. The first-order valence-corrected chi connectivity index (χ1v) is 9.52. The van der Waals surface area contributed by atoms with Gasteiger partial charge in [-0.15, -0.1) is 0 Å². The van der Waals surface area contributed by atoms with Crippen LogP contribution in [0.25, 0.3) is 10.9 Å². The number of aromatic nitrogens is 3. The number of carbonyl (C=O) groups excluding carboxylic acids is 1. The summed E-state index contributed by atoms with van der Waals surface area (Å²) in [6, 6.07) is 11.9. The highest BCUT2D eigenvalue weighted by molar-refractivity contribution is 5.89. The summed E-state index contributed by atoms with van der Waals surface area (Å²) in [5.74, 6) is 0.0457. The monoisotopic (exact) mass is 377 g/mol. The summed E-state index contributed by atoms with van der Waals surface area (Å²) in [5.41, 5.74) is 2.39. The average Bonchev–Trinajstić information content (AvgIpc) is 3.22. The molecule has 1 unspecified atom stereocenters. The third-order valence-electron chi connectivity index (χ3n) is 5.29. The zero-order valence-corrected chi connectivity index (χ0v) is 15.9. The third-order valence-corrected chi connectivity index (χ3v) is 5.29. The Bertz CT molecular complexity index is 1020. The van der Waals surface area contributed by atoms with Gasteiger partial charge in [0.05, 0.1) is 23.7 Å². The molecule has 4 rings (SSSR count). The number of nitrogens with zero attached hydrogens (tertiary/aromatic N) is 5. The molecule has 7 heteroatoms. The molecule has 0 aliphatic carbocycles. The minimum Gasteiger partial charge on any atom is -0.374 e. The number of para-hydroxylation sites is 1. The van der Waals surface area contributed by atoms with Crippen LogP contribution >= 0.6 is 0 Å². The molecule has 1 atom stereocenters. The van der Waals surface area contributed by atoms with Gasteiger partial charge in [0.15, 0.2) is 0 Å². The number of carbonyl (C=O) groups is 1. The zero-order valence-electron chi connectivity index (χ0n) is 15.9. The Morgan fingerprint density at radius 2 is 2.21 bits per heavy atom. The molecule has 1 aliphatic heterocycles. The number of nitriles is 1. The second-order valence-corrected chi connectivity index (χ2v) is 7.09. The minimum atomic E-state index is -0.0801. The molecule has 0 saturated carbocycles. The Kier molecular flexibility index (Phi) is 5.13. The van der Waals surface area contributed by atoms with Crippen LogP contribution < -0.4 is 0 Å². The molecule has 1 saturated heterocycles. The first-order chi connectivity index (χ1) is 13.7. The molecule has 2 aromatic heterocycles. The number of fused-ring (bicyclic) bond motifs is 1. The first-order valence-electron chi connectivity index (χ1n) is 9.52. The van der Waals surface area contributed by atoms with Crippen LogP contribution in [0.2, 0.25) is 0 Å². The summed E-state index contributed by atoms with van der Waals surface area (Å²) in [5, 5.41) is 14.7. The van der Waals surface area contributed by atoms with E-state index in [1.54, 1.807) is 6.20 Å². The summed E-state index contributed by atoms with van der Waals surface area (Å²) < 4.78 is 9.70. The van der Waals surface area contributed by atoms with Gasteiger partial charge in [0.25, 0.3) is 0 Å². The number of amides is 1. The van der Waals surface area contributed by atoms with Gasteiger partial charge in [0.2, 0.25) is 5.91 Å². The Balaban J connectivity index is 1.54. The molecule has 7 nitrogen and oxygen atoms in total. The number of hydrogen-bond donors (Lipinski definition) is 0. The van der Waals surface area contributed by atoms with E-state index in [1.165, 1.54) is 0 Å². The van der Waals surface area contributed by atoms with Crippen molar-refractivity contribution in [2.75, 3.05) is 19.7 Å². The van der Waals surface area contributed by atoms with Gasteiger partial charge in [-0.3, -0.25) is 9.48 Å². The molecule has 0 radical (unpaired) electrons. The Morgan fingerprint density at radius 3 is 3.00 bits per heavy atom. The summed E-state index contributed by atoms with van der Waals surface area (Å²) >= 11 is 0. The van der Waals surface area contributed by atoms with E-state index in [4.69, 9.17) is 4.74 Å². The highest BCUT2D eigenvalue weighted by atomic mass is 16.5. The number of hydrogen-bond acceptors (Lipinski definition) is 4. The molecular weight excluding hydrogens is 354 g/mol. The van der Waals surface area contributed by atoms with Crippen LogP contribution in [0.1, 0.15) is 17.7 Å². The van der Waals surface area contributed by atoms with E-state index >= 15 is 0 Å². The van der Waals surface area contributed by atoms with Crippen LogP contribution in [-0.2, 0) is 22.6 Å². The summed E-state index contributed by atoms with van der Waals surface area (Å²) in [4.78, 5) is 15.0. The predicted octanol–water partition coefficient (Wildman–Crippen LogP) is 2.34.